The largest absolute Gasteiger partial charge is 0.480 e. The molecule has 27 heavy (non-hydrogen) atoms. The van der Waals surface area contributed by atoms with Crippen LogP contribution in [0.25, 0.3) is 11.0 Å². The summed E-state index contributed by atoms with van der Waals surface area (Å²) in [5.41, 5.74) is 0.779. The molecule has 150 valence electrons. The number of aliphatic carboxylic acids is 1. The minimum absolute atomic E-state index is 0. The van der Waals surface area contributed by atoms with Crippen LogP contribution in [-0.4, -0.2) is 60.1 Å². The highest BCUT2D eigenvalue weighted by Gasteiger charge is 2.31. The van der Waals surface area contributed by atoms with Gasteiger partial charge in [0.1, 0.15) is 11.3 Å². The fourth-order valence-electron chi connectivity index (χ4n) is 3.47. The number of rotatable bonds is 7. The quantitative estimate of drug-likeness (QED) is 0.745. The number of carboxylic acid groups (broad SMARTS) is 1. The SMILES string of the molecule is CCS(=O)(=O)N1CCC(N(CC(=O)O)Cc2cc3ccccc3o2)CC1.Cl. The van der Waals surface area contributed by atoms with Gasteiger partial charge in [-0.1, -0.05) is 18.2 Å². The Morgan fingerprint density at radius 3 is 2.56 bits per heavy atom. The fourth-order valence-corrected chi connectivity index (χ4v) is 4.60. The maximum Gasteiger partial charge on any atom is 0.317 e. The van der Waals surface area contributed by atoms with Gasteiger partial charge in [-0.25, -0.2) is 12.7 Å². The van der Waals surface area contributed by atoms with E-state index in [1.807, 2.05) is 35.2 Å². The molecule has 0 bridgehead atoms. The van der Waals surface area contributed by atoms with Crippen LogP contribution in [0, 0.1) is 0 Å². The van der Waals surface area contributed by atoms with Gasteiger partial charge >= 0.3 is 5.97 Å². The van der Waals surface area contributed by atoms with Crippen LogP contribution < -0.4 is 0 Å². The first-order chi connectivity index (χ1) is 12.4. The van der Waals surface area contributed by atoms with E-state index in [1.165, 1.54) is 4.31 Å². The van der Waals surface area contributed by atoms with Crippen molar-refractivity contribution in [3.05, 3.63) is 36.1 Å². The summed E-state index contributed by atoms with van der Waals surface area (Å²) in [5.74, 6) is -0.0871. The third kappa shape index (κ3) is 5.22. The molecule has 0 unspecified atom stereocenters. The summed E-state index contributed by atoms with van der Waals surface area (Å²) in [6.45, 7) is 2.79. The molecule has 0 saturated carbocycles. The van der Waals surface area contributed by atoms with E-state index in [9.17, 15) is 18.3 Å². The van der Waals surface area contributed by atoms with Gasteiger partial charge in [-0.05, 0) is 31.9 Å². The summed E-state index contributed by atoms with van der Waals surface area (Å²) in [6.07, 6.45) is 1.24. The number of carbonyl (C=O) groups is 1. The third-order valence-corrected chi connectivity index (χ3v) is 6.75. The molecule has 1 aromatic heterocycles. The maximum absolute atomic E-state index is 12.0. The Bertz CT molecular complexity index is 842. The van der Waals surface area contributed by atoms with Crippen LogP contribution in [0.5, 0.6) is 0 Å². The first-order valence-electron chi connectivity index (χ1n) is 8.80. The first-order valence-corrected chi connectivity index (χ1v) is 10.4. The van der Waals surface area contributed by atoms with Crippen LogP contribution >= 0.6 is 12.4 Å². The van der Waals surface area contributed by atoms with Gasteiger partial charge in [0.25, 0.3) is 0 Å². The molecule has 0 atom stereocenters. The molecule has 0 radical (unpaired) electrons. The smallest absolute Gasteiger partial charge is 0.317 e. The highest BCUT2D eigenvalue weighted by atomic mass is 35.5. The molecule has 3 rings (SSSR count). The van der Waals surface area contributed by atoms with Crippen molar-refractivity contribution >= 4 is 39.4 Å². The highest BCUT2D eigenvalue weighted by molar-refractivity contribution is 7.89. The molecular weight excluding hydrogens is 392 g/mol. The van der Waals surface area contributed by atoms with Gasteiger partial charge in [-0.2, -0.15) is 0 Å². The predicted octanol–water partition coefficient (Wildman–Crippen LogP) is 2.56. The molecular formula is C18H25ClN2O5S. The monoisotopic (exact) mass is 416 g/mol. The van der Waals surface area contributed by atoms with Crippen molar-refractivity contribution in [3.63, 3.8) is 0 Å². The Morgan fingerprint density at radius 1 is 1.30 bits per heavy atom. The number of hydrogen-bond acceptors (Lipinski definition) is 5. The highest BCUT2D eigenvalue weighted by Crippen LogP contribution is 2.24. The summed E-state index contributed by atoms with van der Waals surface area (Å²) in [7, 11) is -3.19. The first kappa shape index (κ1) is 21.7. The van der Waals surface area contributed by atoms with Crippen LogP contribution in [0.4, 0.5) is 0 Å². The number of nitrogens with zero attached hydrogens (tertiary/aromatic N) is 2. The second-order valence-corrected chi connectivity index (χ2v) is 8.84. The number of benzene rings is 1. The molecule has 2 aromatic rings. The Hall–Kier alpha value is -1.61. The van der Waals surface area contributed by atoms with Gasteiger partial charge in [-0.15, -0.1) is 12.4 Å². The Kier molecular flexibility index (Phi) is 7.27. The minimum Gasteiger partial charge on any atom is -0.480 e. The number of hydrogen-bond donors (Lipinski definition) is 1. The van der Waals surface area contributed by atoms with E-state index < -0.39 is 16.0 Å². The van der Waals surface area contributed by atoms with Crippen LogP contribution in [0.1, 0.15) is 25.5 Å². The predicted molar refractivity (Wildman–Crippen MR) is 106 cm³/mol. The zero-order valence-electron chi connectivity index (χ0n) is 15.2. The molecule has 2 heterocycles. The van der Waals surface area contributed by atoms with Gasteiger partial charge < -0.3 is 9.52 Å². The van der Waals surface area contributed by atoms with Crippen LogP contribution in [0.2, 0.25) is 0 Å². The molecule has 1 aliphatic rings. The average Bonchev–Trinajstić information content (AvgIpc) is 3.03. The number of piperidine rings is 1. The molecule has 0 aliphatic carbocycles. The second kappa shape index (κ2) is 9.05. The van der Waals surface area contributed by atoms with Gasteiger partial charge in [0.2, 0.25) is 10.0 Å². The van der Waals surface area contributed by atoms with Gasteiger partial charge in [0.15, 0.2) is 0 Å². The van der Waals surface area contributed by atoms with E-state index in [0.29, 0.717) is 32.5 Å². The van der Waals surface area contributed by atoms with Gasteiger partial charge in [0, 0.05) is 24.5 Å². The summed E-state index contributed by atoms with van der Waals surface area (Å²) < 4.78 is 31.3. The number of fused-ring (bicyclic) bond motifs is 1. The van der Waals surface area contributed by atoms with Crippen molar-refractivity contribution in [2.75, 3.05) is 25.4 Å². The lowest BCUT2D eigenvalue weighted by Crippen LogP contribution is -2.48. The summed E-state index contributed by atoms with van der Waals surface area (Å²) in [6, 6.07) is 9.62. The summed E-state index contributed by atoms with van der Waals surface area (Å²) in [4.78, 5) is 13.2. The van der Waals surface area contributed by atoms with Crippen LogP contribution in [0.3, 0.4) is 0 Å². The van der Waals surface area contributed by atoms with E-state index in [1.54, 1.807) is 6.92 Å². The zero-order valence-corrected chi connectivity index (χ0v) is 16.8. The van der Waals surface area contributed by atoms with Gasteiger partial charge in [0.05, 0.1) is 18.8 Å². The van der Waals surface area contributed by atoms with Gasteiger partial charge in [-0.3, -0.25) is 9.69 Å². The normalized spacial score (nSPS) is 16.5. The third-order valence-electron chi connectivity index (χ3n) is 4.87. The Labute approximate surface area is 165 Å². The maximum atomic E-state index is 12.0. The van der Waals surface area contributed by atoms with E-state index in [2.05, 4.69) is 0 Å². The molecule has 1 aromatic carbocycles. The zero-order chi connectivity index (χ0) is 18.7. The molecule has 0 amide bonds. The van der Waals surface area contributed by atoms with Crippen molar-refractivity contribution in [2.45, 2.75) is 32.4 Å². The van der Waals surface area contributed by atoms with Crippen LogP contribution in [-0.2, 0) is 21.4 Å². The fraction of sp³-hybridized carbons (Fsp3) is 0.500. The summed E-state index contributed by atoms with van der Waals surface area (Å²) >= 11 is 0. The van der Waals surface area contributed by atoms with E-state index in [4.69, 9.17) is 4.42 Å². The lowest BCUT2D eigenvalue weighted by atomic mass is 10.0. The molecule has 1 fully saturated rings. The minimum atomic E-state index is -3.19. The average molecular weight is 417 g/mol. The van der Waals surface area contributed by atoms with E-state index in [0.717, 1.165) is 16.7 Å². The Morgan fingerprint density at radius 2 is 1.96 bits per heavy atom. The van der Waals surface area contributed by atoms with E-state index >= 15 is 0 Å². The van der Waals surface area contributed by atoms with Crippen molar-refractivity contribution in [2.24, 2.45) is 0 Å². The number of furan rings is 1. The second-order valence-electron chi connectivity index (χ2n) is 6.58. The number of carboxylic acids is 1. The number of sulfonamides is 1. The van der Waals surface area contributed by atoms with Crippen molar-refractivity contribution in [3.8, 4) is 0 Å². The molecule has 1 N–H and O–H groups in total. The molecule has 7 nitrogen and oxygen atoms in total. The summed E-state index contributed by atoms with van der Waals surface area (Å²) in [5, 5.41) is 10.3. The molecule has 9 heteroatoms. The Balaban J connectivity index is 0.00000261. The van der Waals surface area contributed by atoms with Crippen molar-refractivity contribution < 1.29 is 22.7 Å². The van der Waals surface area contributed by atoms with E-state index in [-0.39, 0.29) is 30.7 Å². The number of halogens is 1. The van der Waals surface area contributed by atoms with Crippen molar-refractivity contribution in [1.29, 1.82) is 0 Å². The molecule has 0 spiro atoms. The topological polar surface area (TPSA) is 91.1 Å². The lowest BCUT2D eigenvalue weighted by Gasteiger charge is -2.36. The molecule has 1 aliphatic heterocycles. The number of para-hydroxylation sites is 1. The van der Waals surface area contributed by atoms with Crippen molar-refractivity contribution in [1.82, 2.24) is 9.21 Å². The standard InChI is InChI=1S/C18H24N2O5S.ClH/c1-2-26(23,24)20-9-7-15(8-10-20)19(13-18(21)22)12-16-11-14-5-3-4-6-17(14)25-16;/h3-6,11,15H,2,7-10,12-13H2,1H3,(H,21,22);1H. The molecule has 1 saturated heterocycles. The lowest BCUT2D eigenvalue weighted by molar-refractivity contribution is -0.139. The van der Waals surface area contributed by atoms with Crippen LogP contribution in [0.15, 0.2) is 34.7 Å².